The second-order valence-electron chi connectivity index (χ2n) is 3.24. The minimum absolute atomic E-state index is 0.0194. The molecule has 0 aliphatic carbocycles. The zero-order valence-corrected chi connectivity index (χ0v) is 10.3. The molecule has 0 radical (unpaired) electrons. The van der Waals surface area contributed by atoms with E-state index in [4.69, 9.17) is 17.3 Å². The maximum atomic E-state index is 11.7. The summed E-state index contributed by atoms with van der Waals surface area (Å²) in [6.07, 6.45) is 2.10. The summed E-state index contributed by atoms with van der Waals surface area (Å²) in [6.45, 7) is 4.13. The van der Waals surface area contributed by atoms with Gasteiger partial charge in [0.15, 0.2) is 0 Å². The molecule has 1 aromatic rings. The van der Waals surface area contributed by atoms with Gasteiger partial charge < -0.3 is 15.8 Å². The Labute approximate surface area is 108 Å². The number of hydrogen-bond acceptors (Lipinski definition) is 5. The van der Waals surface area contributed by atoms with Crippen LogP contribution in [0.3, 0.4) is 0 Å². The third-order valence-electron chi connectivity index (χ3n) is 1.95. The molecule has 0 saturated carbocycles. The fourth-order valence-electron chi connectivity index (χ4n) is 1.18. The van der Waals surface area contributed by atoms with E-state index < -0.39 is 11.7 Å². The van der Waals surface area contributed by atoms with Crippen molar-refractivity contribution in [3.63, 3.8) is 0 Å². The van der Waals surface area contributed by atoms with Gasteiger partial charge in [-0.1, -0.05) is 17.7 Å². The van der Waals surface area contributed by atoms with Gasteiger partial charge in [0.25, 0.3) is 5.56 Å². The molecule has 0 aromatic carbocycles. The van der Waals surface area contributed by atoms with Crippen molar-refractivity contribution < 1.29 is 9.53 Å². The van der Waals surface area contributed by atoms with Crippen molar-refractivity contribution in [1.82, 2.24) is 9.78 Å². The first-order chi connectivity index (χ1) is 8.56. The van der Waals surface area contributed by atoms with Crippen LogP contribution in [0.25, 0.3) is 0 Å². The van der Waals surface area contributed by atoms with E-state index >= 15 is 0 Å². The summed E-state index contributed by atoms with van der Waals surface area (Å²) >= 11 is 5.87. The van der Waals surface area contributed by atoms with Crippen molar-refractivity contribution >= 4 is 23.4 Å². The molecule has 7 nitrogen and oxygen atoms in total. The molecular formula is C10H13ClN4O3. The van der Waals surface area contributed by atoms with Crippen LogP contribution < -0.4 is 16.6 Å². The number of amides is 1. The highest BCUT2D eigenvalue weighted by molar-refractivity contribution is 6.32. The molecule has 0 aliphatic heterocycles. The van der Waals surface area contributed by atoms with Gasteiger partial charge in [-0.3, -0.25) is 4.79 Å². The first-order valence-electron chi connectivity index (χ1n) is 5.09. The highest BCUT2D eigenvalue weighted by atomic mass is 35.5. The lowest BCUT2D eigenvalue weighted by Crippen LogP contribution is -2.24. The monoisotopic (exact) mass is 272 g/mol. The normalized spacial score (nSPS) is 9.83. The lowest BCUT2D eigenvalue weighted by molar-refractivity contribution is 0.161. The number of carbonyl (C=O) groups is 1. The maximum absolute atomic E-state index is 11.7. The minimum Gasteiger partial charge on any atom is -0.448 e. The number of nitrogens with one attached hydrogen (secondary N) is 1. The molecule has 0 fully saturated rings. The van der Waals surface area contributed by atoms with Gasteiger partial charge in [-0.15, -0.1) is 6.58 Å². The Morgan fingerprint density at radius 2 is 2.44 bits per heavy atom. The van der Waals surface area contributed by atoms with Crippen LogP contribution in [0.4, 0.5) is 10.5 Å². The predicted molar refractivity (Wildman–Crippen MR) is 67.7 cm³/mol. The van der Waals surface area contributed by atoms with Crippen molar-refractivity contribution in [2.24, 2.45) is 5.73 Å². The molecule has 0 aliphatic rings. The number of rotatable bonds is 6. The second kappa shape index (κ2) is 6.65. The largest absolute Gasteiger partial charge is 0.448 e. The molecule has 1 aromatic heterocycles. The maximum Gasteiger partial charge on any atom is 0.404 e. The van der Waals surface area contributed by atoms with Crippen molar-refractivity contribution in [2.45, 2.75) is 6.54 Å². The van der Waals surface area contributed by atoms with E-state index in [9.17, 15) is 9.59 Å². The summed E-state index contributed by atoms with van der Waals surface area (Å²) in [5.74, 6) is 0. The van der Waals surface area contributed by atoms with Crippen LogP contribution >= 0.6 is 11.6 Å². The summed E-state index contributed by atoms with van der Waals surface area (Å²) < 4.78 is 5.69. The number of halogens is 1. The minimum atomic E-state index is -0.859. The Morgan fingerprint density at radius 1 is 1.72 bits per heavy atom. The molecule has 1 rings (SSSR count). The number of nitrogens with two attached hydrogens (primary N) is 1. The second-order valence-corrected chi connectivity index (χ2v) is 3.62. The molecule has 1 heterocycles. The van der Waals surface area contributed by atoms with Gasteiger partial charge in [-0.25, -0.2) is 9.48 Å². The van der Waals surface area contributed by atoms with Gasteiger partial charge in [0, 0.05) is 6.54 Å². The van der Waals surface area contributed by atoms with Gasteiger partial charge in [-0.05, 0) is 0 Å². The van der Waals surface area contributed by atoms with E-state index in [1.54, 1.807) is 6.08 Å². The Balaban J connectivity index is 2.67. The highest BCUT2D eigenvalue weighted by Crippen LogP contribution is 2.14. The average molecular weight is 273 g/mol. The zero-order valence-electron chi connectivity index (χ0n) is 9.56. The quantitative estimate of drug-likeness (QED) is 0.583. The van der Waals surface area contributed by atoms with Gasteiger partial charge in [-0.2, -0.15) is 5.10 Å². The number of aromatic nitrogens is 2. The Hall–Kier alpha value is -2.02. The van der Waals surface area contributed by atoms with Crippen LogP contribution in [0, 0.1) is 0 Å². The molecule has 18 heavy (non-hydrogen) atoms. The van der Waals surface area contributed by atoms with E-state index in [1.165, 1.54) is 10.9 Å². The summed E-state index contributed by atoms with van der Waals surface area (Å²) in [5, 5.41) is 6.73. The van der Waals surface area contributed by atoms with Gasteiger partial charge in [0.2, 0.25) is 0 Å². The lowest BCUT2D eigenvalue weighted by atomic mass is 10.4. The highest BCUT2D eigenvalue weighted by Gasteiger charge is 2.08. The van der Waals surface area contributed by atoms with E-state index in [0.717, 1.165) is 0 Å². The zero-order chi connectivity index (χ0) is 13.5. The van der Waals surface area contributed by atoms with Gasteiger partial charge in [0.05, 0.1) is 18.4 Å². The van der Waals surface area contributed by atoms with E-state index in [0.29, 0.717) is 5.69 Å². The Morgan fingerprint density at radius 3 is 3.06 bits per heavy atom. The van der Waals surface area contributed by atoms with Crippen LogP contribution in [-0.4, -0.2) is 29.0 Å². The molecule has 1 amide bonds. The van der Waals surface area contributed by atoms with E-state index in [2.05, 4.69) is 21.7 Å². The number of ether oxygens (including phenoxy) is 1. The molecule has 8 heteroatoms. The number of carbonyl (C=O) groups excluding carboxylic acids is 1. The summed E-state index contributed by atoms with van der Waals surface area (Å²) in [5.41, 5.74) is 4.74. The third kappa shape index (κ3) is 3.77. The third-order valence-corrected chi connectivity index (χ3v) is 2.31. The molecule has 0 saturated heterocycles. The van der Waals surface area contributed by atoms with E-state index in [1.807, 2.05) is 0 Å². The molecular weight excluding hydrogens is 260 g/mol. The fourth-order valence-corrected chi connectivity index (χ4v) is 1.39. The smallest absolute Gasteiger partial charge is 0.404 e. The van der Waals surface area contributed by atoms with Crippen molar-refractivity contribution in [3.8, 4) is 0 Å². The fraction of sp³-hybridized carbons (Fsp3) is 0.300. The van der Waals surface area contributed by atoms with Gasteiger partial charge >= 0.3 is 6.09 Å². The molecule has 0 spiro atoms. The molecule has 0 atom stereocenters. The van der Waals surface area contributed by atoms with Crippen molar-refractivity contribution in [3.05, 3.63) is 34.2 Å². The van der Waals surface area contributed by atoms with Crippen LogP contribution in [0.1, 0.15) is 0 Å². The standard InChI is InChI=1S/C10H13ClN4O3/c1-2-4-15-9(16)8(11)7(6-14-15)13-3-5-18-10(12)17/h2,6,13H,1,3-5H2,(H2,12,17). The first kappa shape index (κ1) is 14.0. The number of primary amides is 1. The number of allylic oxidation sites excluding steroid dienone is 1. The Kier molecular flexibility index (Phi) is 5.19. The Bertz CT molecular complexity index is 500. The average Bonchev–Trinajstić information content (AvgIpc) is 2.33. The molecule has 0 bridgehead atoms. The SMILES string of the molecule is C=CCn1ncc(NCCOC(N)=O)c(Cl)c1=O. The topological polar surface area (TPSA) is 99.2 Å². The summed E-state index contributed by atoms with van der Waals surface area (Å²) in [7, 11) is 0. The van der Waals surface area contributed by atoms with E-state index in [-0.39, 0.29) is 24.7 Å². The number of anilines is 1. The summed E-state index contributed by atoms with van der Waals surface area (Å²) in [6, 6.07) is 0. The molecule has 0 unspecified atom stereocenters. The van der Waals surface area contributed by atoms with Crippen molar-refractivity contribution in [2.75, 3.05) is 18.5 Å². The van der Waals surface area contributed by atoms with Gasteiger partial charge in [0.1, 0.15) is 11.6 Å². The number of hydrogen-bond donors (Lipinski definition) is 2. The summed E-state index contributed by atoms with van der Waals surface area (Å²) in [4.78, 5) is 22.0. The van der Waals surface area contributed by atoms with Crippen LogP contribution in [0.2, 0.25) is 5.02 Å². The van der Waals surface area contributed by atoms with Crippen LogP contribution in [0.15, 0.2) is 23.6 Å². The van der Waals surface area contributed by atoms with Crippen LogP contribution in [0.5, 0.6) is 0 Å². The number of nitrogens with zero attached hydrogens (tertiary/aromatic N) is 2. The predicted octanol–water partition coefficient (Wildman–Crippen LogP) is 0.590. The molecule has 98 valence electrons. The van der Waals surface area contributed by atoms with Crippen LogP contribution in [-0.2, 0) is 11.3 Å². The lowest BCUT2D eigenvalue weighted by Gasteiger charge is -2.09. The van der Waals surface area contributed by atoms with Crippen molar-refractivity contribution in [1.29, 1.82) is 0 Å². The molecule has 3 N–H and O–H groups in total. The first-order valence-corrected chi connectivity index (χ1v) is 5.46.